The zero-order chi connectivity index (χ0) is 22.1. The first-order valence-corrected chi connectivity index (χ1v) is 11.1. The molecule has 158 valence electrons. The van der Waals surface area contributed by atoms with Crippen molar-refractivity contribution in [2.75, 3.05) is 12.9 Å². The van der Waals surface area contributed by atoms with Crippen LogP contribution in [0, 0.1) is 12.7 Å². The Morgan fingerprint density at radius 2 is 1.70 bits per heavy atom. The Morgan fingerprint density at radius 1 is 1.10 bits per heavy atom. The monoisotopic (exact) mass is 431 g/mol. The molecule has 0 saturated heterocycles. The number of carboxylic acid groups (broad SMARTS) is 1. The second-order valence-corrected chi connectivity index (χ2v) is 9.10. The van der Waals surface area contributed by atoms with Crippen LogP contribution in [-0.4, -0.2) is 42.0 Å². The van der Waals surface area contributed by atoms with Gasteiger partial charge in [-0.25, -0.2) is 12.8 Å². The Labute approximate surface area is 174 Å². The molecular weight excluding hydrogens is 409 g/mol. The average molecular weight is 431 g/mol. The maximum absolute atomic E-state index is 13.5. The van der Waals surface area contributed by atoms with Crippen LogP contribution in [0.3, 0.4) is 0 Å². The molecule has 0 aliphatic carbocycles. The summed E-state index contributed by atoms with van der Waals surface area (Å²) in [5.41, 5.74) is 3.12. The number of rotatable bonds is 7. The zero-order valence-electron chi connectivity index (χ0n) is 16.5. The number of nitrogens with zero attached hydrogens (tertiary/aromatic N) is 1. The maximum atomic E-state index is 13.5. The van der Waals surface area contributed by atoms with Crippen LogP contribution in [0.5, 0.6) is 0 Å². The van der Waals surface area contributed by atoms with E-state index in [2.05, 4.69) is 0 Å². The number of carbonyl (C=O) groups is 1. The summed E-state index contributed by atoms with van der Waals surface area (Å²) in [5.74, 6) is -2.36. The van der Waals surface area contributed by atoms with Gasteiger partial charge in [-0.05, 0) is 66.9 Å². The number of carboxylic acids is 1. The fourth-order valence-electron chi connectivity index (χ4n) is 3.53. The van der Waals surface area contributed by atoms with Crippen molar-refractivity contribution in [2.45, 2.75) is 24.2 Å². The normalized spacial score (nSPS) is 12.7. The Morgan fingerprint density at radius 3 is 2.20 bits per heavy atom. The fourth-order valence-corrected chi connectivity index (χ4v) is 4.16. The van der Waals surface area contributed by atoms with Gasteiger partial charge >= 0.3 is 5.97 Å². The van der Waals surface area contributed by atoms with Crippen LogP contribution in [0.15, 0.2) is 59.5 Å². The SMILES string of the molecule is Cc1c(C(CCO)C(=O)O)cc(-c2ccc(S(C)(=O)=O)cc2)n1-c1ccc(F)cc1. The van der Waals surface area contributed by atoms with Crippen molar-refractivity contribution < 1.29 is 27.8 Å². The third kappa shape index (κ3) is 4.29. The Kier molecular flexibility index (Phi) is 6.09. The van der Waals surface area contributed by atoms with Gasteiger partial charge in [0.05, 0.1) is 16.5 Å². The number of aliphatic carboxylic acids is 1. The number of sulfone groups is 1. The van der Waals surface area contributed by atoms with E-state index in [1.807, 2.05) is 0 Å². The summed E-state index contributed by atoms with van der Waals surface area (Å²) in [5, 5.41) is 19.0. The molecule has 1 atom stereocenters. The summed E-state index contributed by atoms with van der Waals surface area (Å²) in [6, 6.07) is 13.8. The standard InChI is InChI=1S/C22H22FNO5S/c1-14-20(19(11-12-25)22(26)27)13-21(24(14)17-7-5-16(23)6-8-17)15-3-9-18(10-4-15)30(2,28)29/h3-10,13,19,25H,11-12H2,1-2H3,(H,26,27). The predicted octanol–water partition coefficient (Wildman–Crippen LogP) is 3.55. The number of benzene rings is 2. The molecule has 3 rings (SSSR count). The second-order valence-electron chi connectivity index (χ2n) is 7.08. The largest absolute Gasteiger partial charge is 0.481 e. The van der Waals surface area contributed by atoms with Gasteiger partial charge in [-0.3, -0.25) is 4.79 Å². The van der Waals surface area contributed by atoms with Crippen LogP contribution in [0.2, 0.25) is 0 Å². The molecule has 0 saturated carbocycles. The fraction of sp³-hybridized carbons (Fsp3) is 0.227. The molecule has 2 N–H and O–H groups in total. The highest BCUT2D eigenvalue weighted by Gasteiger charge is 2.26. The highest BCUT2D eigenvalue weighted by Crippen LogP contribution is 2.35. The van der Waals surface area contributed by atoms with E-state index in [4.69, 9.17) is 0 Å². The van der Waals surface area contributed by atoms with E-state index < -0.39 is 27.5 Å². The van der Waals surface area contributed by atoms with Gasteiger partial charge in [-0.1, -0.05) is 12.1 Å². The molecular formula is C22H22FNO5S. The van der Waals surface area contributed by atoms with Gasteiger partial charge in [0.1, 0.15) is 5.82 Å². The second kappa shape index (κ2) is 8.41. The first-order valence-electron chi connectivity index (χ1n) is 9.26. The summed E-state index contributed by atoms with van der Waals surface area (Å²) in [4.78, 5) is 12.0. The Bertz CT molecular complexity index is 1170. The molecule has 0 aliphatic rings. The van der Waals surface area contributed by atoms with Crippen LogP contribution in [-0.2, 0) is 14.6 Å². The lowest BCUT2D eigenvalue weighted by Crippen LogP contribution is -2.14. The maximum Gasteiger partial charge on any atom is 0.311 e. The van der Waals surface area contributed by atoms with E-state index in [0.717, 1.165) is 6.26 Å². The van der Waals surface area contributed by atoms with Crippen LogP contribution in [0.25, 0.3) is 16.9 Å². The molecule has 0 fully saturated rings. The Balaban J connectivity index is 2.23. The van der Waals surface area contributed by atoms with Crippen molar-refractivity contribution in [3.63, 3.8) is 0 Å². The molecule has 0 aliphatic heterocycles. The molecule has 1 unspecified atom stereocenters. The third-order valence-electron chi connectivity index (χ3n) is 5.04. The minimum absolute atomic E-state index is 0.0516. The van der Waals surface area contributed by atoms with Gasteiger partial charge in [0, 0.05) is 24.2 Å². The van der Waals surface area contributed by atoms with Crippen molar-refractivity contribution in [3.8, 4) is 16.9 Å². The summed E-state index contributed by atoms with van der Waals surface area (Å²) < 4.78 is 38.8. The van der Waals surface area contributed by atoms with Crippen LogP contribution in [0.1, 0.15) is 23.6 Å². The van der Waals surface area contributed by atoms with Crippen LogP contribution < -0.4 is 0 Å². The van der Waals surface area contributed by atoms with Crippen molar-refractivity contribution >= 4 is 15.8 Å². The average Bonchev–Trinajstić information content (AvgIpc) is 3.03. The molecule has 0 amide bonds. The molecule has 2 aromatic carbocycles. The highest BCUT2D eigenvalue weighted by molar-refractivity contribution is 7.90. The molecule has 1 aromatic heterocycles. The third-order valence-corrected chi connectivity index (χ3v) is 6.17. The predicted molar refractivity (Wildman–Crippen MR) is 111 cm³/mol. The number of aliphatic hydroxyl groups is 1. The first-order chi connectivity index (χ1) is 14.1. The molecule has 1 heterocycles. The molecule has 3 aromatic rings. The topological polar surface area (TPSA) is 96.6 Å². The van der Waals surface area contributed by atoms with Gasteiger partial charge in [0.25, 0.3) is 0 Å². The first kappa shape index (κ1) is 21.7. The number of hydrogen-bond donors (Lipinski definition) is 2. The van der Waals surface area contributed by atoms with E-state index in [0.29, 0.717) is 28.2 Å². The van der Waals surface area contributed by atoms with Crippen molar-refractivity contribution in [3.05, 3.63) is 71.7 Å². The summed E-state index contributed by atoms with van der Waals surface area (Å²) in [7, 11) is -3.36. The Hall–Kier alpha value is -2.97. The van der Waals surface area contributed by atoms with Gasteiger partial charge in [-0.15, -0.1) is 0 Å². The lowest BCUT2D eigenvalue weighted by atomic mass is 9.96. The molecule has 6 nitrogen and oxygen atoms in total. The van der Waals surface area contributed by atoms with Gasteiger partial charge < -0.3 is 14.8 Å². The number of aromatic nitrogens is 1. The van der Waals surface area contributed by atoms with E-state index >= 15 is 0 Å². The molecule has 0 radical (unpaired) electrons. The minimum atomic E-state index is -3.36. The molecule has 30 heavy (non-hydrogen) atoms. The number of halogens is 1. The molecule has 0 bridgehead atoms. The summed E-state index contributed by atoms with van der Waals surface area (Å²) in [6.45, 7) is 1.48. The van der Waals surface area contributed by atoms with E-state index in [9.17, 15) is 27.8 Å². The van der Waals surface area contributed by atoms with Crippen molar-refractivity contribution in [1.82, 2.24) is 4.57 Å². The molecule has 0 spiro atoms. The number of aliphatic hydroxyl groups excluding tert-OH is 1. The van der Waals surface area contributed by atoms with E-state index in [-0.39, 0.29) is 17.9 Å². The van der Waals surface area contributed by atoms with Crippen molar-refractivity contribution in [2.24, 2.45) is 0 Å². The van der Waals surface area contributed by atoms with E-state index in [1.54, 1.807) is 41.8 Å². The molecule has 8 heteroatoms. The smallest absolute Gasteiger partial charge is 0.311 e. The van der Waals surface area contributed by atoms with Gasteiger partial charge in [0.2, 0.25) is 0 Å². The summed E-state index contributed by atoms with van der Waals surface area (Å²) >= 11 is 0. The quantitative estimate of drug-likeness (QED) is 0.596. The van der Waals surface area contributed by atoms with Gasteiger partial charge in [-0.2, -0.15) is 0 Å². The lowest BCUT2D eigenvalue weighted by Gasteiger charge is -2.14. The van der Waals surface area contributed by atoms with Gasteiger partial charge in [0.15, 0.2) is 9.84 Å². The van der Waals surface area contributed by atoms with Crippen molar-refractivity contribution in [1.29, 1.82) is 0 Å². The van der Waals surface area contributed by atoms with Crippen LogP contribution >= 0.6 is 0 Å². The minimum Gasteiger partial charge on any atom is -0.481 e. The summed E-state index contributed by atoms with van der Waals surface area (Å²) in [6.07, 6.45) is 1.17. The van der Waals surface area contributed by atoms with Crippen LogP contribution in [0.4, 0.5) is 4.39 Å². The lowest BCUT2D eigenvalue weighted by molar-refractivity contribution is -0.139. The van der Waals surface area contributed by atoms with E-state index in [1.165, 1.54) is 24.3 Å². The number of hydrogen-bond acceptors (Lipinski definition) is 4. The highest BCUT2D eigenvalue weighted by atomic mass is 32.2. The zero-order valence-corrected chi connectivity index (χ0v) is 17.4.